The van der Waals surface area contributed by atoms with Gasteiger partial charge in [-0.15, -0.1) is 0 Å². The van der Waals surface area contributed by atoms with Crippen molar-refractivity contribution in [3.05, 3.63) is 53.0 Å². The van der Waals surface area contributed by atoms with Gasteiger partial charge >= 0.3 is 0 Å². The van der Waals surface area contributed by atoms with Gasteiger partial charge in [0.05, 0.1) is 6.26 Å². The smallest absolute Gasteiger partial charge is 0.287 e. The number of amides is 2. The van der Waals surface area contributed by atoms with Gasteiger partial charge in [0.1, 0.15) is 6.04 Å². The lowest BCUT2D eigenvalue weighted by Crippen LogP contribution is -2.41. The van der Waals surface area contributed by atoms with E-state index in [9.17, 15) is 9.59 Å². The van der Waals surface area contributed by atoms with Crippen molar-refractivity contribution in [1.29, 1.82) is 0 Å². The van der Waals surface area contributed by atoms with Crippen molar-refractivity contribution in [3.8, 4) is 0 Å². The highest BCUT2D eigenvalue weighted by atomic mass is 16.3. The summed E-state index contributed by atoms with van der Waals surface area (Å²) in [6.45, 7) is 7.54. The minimum Gasteiger partial charge on any atom is -0.459 e. The summed E-state index contributed by atoms with van der Waals surface area (Å²) in [6, 6.07) is 6.52. The normalized spacial score (nSPS) is 11.8. The minimum atomic E-state index is -0.669. The Labute approximate surface area is 129 Å². The van der Waals surface area contributed by atoms with E-state index in [4.69, 9.17) is 4.42 Å². The van der Waals surface area contributed by atoms with Gasteiger partial charge in [-0.2, -0.15) is 0 Å². The zero-order chi connectivity index (χ0) is 16.3. The van der Waals surface area contributed by atoms with Crippen molar-refractivity contribution in [2.24, 2.45) is 0 Å². The van der Waals surface area contributed by atoms with Gasteiger partial charge < -0.3 is 15.1 Å². The van der Waals surface area contributed by atoms with E-state index in [0.29, 0.717) is 0 Å². The number of nitrogens with one attached hydrogen (secondary N) is 2. The molecule has 0 aliphatic carbocycles. The maximum absolute atomic E-state index is 12.3. The number of rotatable bonds is 4. The molecule has 0 radical (unpaired) electrons. The average molecular weight is 300 g/mol. The van der Waals surface area contributed by atoms with Crippen molar-refractivity contribution in [3.63, 3.8) is 0 Å². The molecule has 2 N–H and O–H groups in total. The Bertz CT molecular complexity index is 667. The van der Waals surface area contributed by atoms with Crippen molar-refractivity contribution >= 4 is 17.5 Å². The highest BCUT2D eigenvalue weighted by Crippen LogP contribution is 2.22. The van der Waals surface area contributed by atoms with Crippen molar-refractivity contribution in [2.45, 2.75) is 33.7 Å². The molecule has 5 nitrogen and oxygen atoms in total. The number of carbonyl (C=O) groups excluding carboxylic acids is 2. The van der Waals surface area contributed by atoms with Crippen LogP contribution >= 0.6 is 0 Å². The molecule has 22 heavy (non-hydrogen) atoms. The maximum Gasteiger partial charge on any atom is 0.287 e. The molecular weight excluding hydrogens is 280 g/mol. The molecule has 2 amide bonds. The van der Waals surface area contributed by atoms with Crippen molar-refractivity contribution < 1.29 is 14.0 Å². The molecule has 1 heterocycles. The number of carbonyl (C=O) groups is 2. The molecule has 116 valence electrons. The van der Waals surface area contributed by atoms with Gasteiger partial charge in [0, 0.05) is 5.69 Å². The van der Waals surface area contributed by atoms with E-state index in [1.807, 2.05) is 32.9 Å². The first-order chi connectivity index (χ1) is 10.4. The maximum atomic E-state index is 12.3. The molecular formula is C17H20N2O3. The summed E-state index contributed by atoms with van der Waals surface area (Å²) < 4.78 is 5.00. The topological polar surface area (TPSA) is 71.3 Å². The molecule has 2 aromatic rings. The second kappa shape index (κ2) is 6.47. The Kier molecular flexibility index (Phi) is 4.65. The zero-order valence-electron chi connectivity index (χ0n) is 13.2. The minimum absolute atomic E-state index is 0.183. The molecule has 1 unspecified atom stereocenters. The highest BCUT2D eigenvalue weighted by molar-refractivity contribution is 6.00. The third-order valence-corrected chi connectivity index (χ3v) is 3.41. The Hall–Kier alpha value is -2.56. The van der Waals surface area contributed by atoms with Crippen LogP contribution in [0.1, 0.15) is 34.2 Å². The van der Waals surface area contributed by atoms with Gasteiger partial charge in [0.25, 0.3) is 5.91 Å². The highest BCUT2D eigenvalue weighted by Gasteiger charge is 2.19. The molecule has 5 heteroatoms. The largest absolute Gasteiger partial charge is 0.459 e. The van der Waals surface area contributed by atoms with Gasteiger partial charge in [-0.3, -0.25) is 9.59 Å². The van der Waals surface area contributed by atoms with Crippen LogP contribution in [0.4, 0.5) is 5.69 Å². The summed E-state index contributed by atoms with van der Waals surface area (Å²) in [5, 5.41) is 5.48. The Morgan fingerprint density at radius 2 is 1.77 bits per heavy atom. The molecule has 0 aliphatic heterocycles. The summed E-state index contributed by atoms with van der Waals surface area (Å²) in [7, 11) is 0. The first-order valence-electron chi connectivity index (χ1n) is 7.11. The van der Waals surface area contributed by atoms with Crippen LogP contribution in [-0.4, -0.2) is 17.9 Å². The van der Waals surface area contributed by atoms with Crippen molar-refractivity contribution in [1.82, 2.24) is 5.32 Å². The lowest BCUT2D eigenvalue weighted by Gasteiger charge is -2.17. The molecule has 1 aromatic heterocycles. The van der Waals surface area contributed by atoms with E-state index in [0.717, 1.165) is 22.4 Å². The molecule has 2 rings (SSSR count). The number of hydrogen-bond donors (Lipinski definition) is 2. The van der Waals surface area contributed by atoms with Crippen LogP contribution in [0.3, 0.4) is 0 Å². The molecule has 0 saturated heterocycles. The van der Waals surface area contributed by atoms with E-state index < -0.39 is 11.9 Å². The van der Waals surface area contributed by atoms with E-state index in [2.05, 4.69) is 10.6 Å². The number of furan rings is 1. The monoisotopic (exact) mass is 300 g/mol. The second-order valence-electron chi connectivity index (χ2n) is 5.44. The van der Waals surface area contributed by atoms with Gasteiger partial charge in [-0.25, -0.2) is 0 Å². The Morgan fingerprint density at radius 3 is 2.32 bits per heavy atom. The van der Waals surface area contributed by atoms with Crippen LogP contribution < -0.4 is 10.6 Å². The van der Waals surface area contributed by atoms with Crippen LogP contribution in [0.15, 0.2) is 34.9 Å². The predicted octanol–water partition coefficient (Wildman–Crippen LogP) is 2.96. The number of benzene rings is 1. The van der Waals surface area contributed by atoms with E-state index in [1.54, 1.807) is 19.1 Å². The van der Waals surface area contributed by atoms with Crippen LogP contribution in [0.25, 0.3) is 0 Å². The molecule has 0 spiro atoms. The summed E-state index contributed by atoms with van der Waals surface area (Å²) in [5.41, 5.74) is 3.92. The zero-order valence-corrected chi connectivity index (χ0v) is 13.2. The SMILES string of the molecule is Cc1cc(C)c(NC(=O)C(C)NC(=O)c2ccco2)c(C)c1. The Morgan fingerprint density at radius 1 is 1.14 bits per heavy atom. The fourth-order valence-electron chi connectivity index (χ4n) is 2.35. The fourth-order valence-corrected chi connectivity index (χ4v) is 2.35. The van der Waals surface area contributed by atoms with Gasteiger partial charge in [0.15, 0.2) is 5.76 Å². The molecule has 1 atom stereocenters. The summed E-state index contributed by atoms with van der Waals surface area (Å²) in [5.74, 6) is -0.498. The third-order valence-electron chi connectivity index (χ3n) is 3.41. The molecule has 0 bridgehead atoms. The lowest BCUT2D eigenvalue weighted by atomic mass is 10.0. The van der Waals surface area contributed by atoms with Crippen molar-refractivity contribution in [2.75, 3.05) is 5.32 Å². The van der Waals surface area contributed by atoms with Gasteiger partial charge in [-0.1, -0.05) is 17.7 Å². The fraction of sp³-hybridized carbons (Fsp3) is 0.294. The predicted molar refractivity (Wildman–Crippen MR) is 84.9 cm³/mol. The van der Waals surface area contributed by atoms with E-state index >= 15 is 0 Å². The quantitative estimate of drug-likeness (QED) is 0.912. The number of anilines is 1. The van der Waals surface area contributed by atoms with Crippen LogP contribution in [-0.2, 0) is 4.79 Å². The molecule has 0 aliphatic rings. The van der Waals surface area contributed by atoms with Crippen LogP contribution in [0, 0.1) is 20.8 Å². The standard InChI is InChI=1S/C17H20N2O3/c1-10-8-11(2)15(12(3)9-10)19-16(20)13(4)18-17(21)14-6-5-7-22-14/h5-9,13H,1-4H3,(H,18,21)(H,19,20). The summed E-state index contributed by atoms with van der Waals surface area (Å²) >= 11 is 0. The van der Waals surface area contributed by atoms with Gasteiger partial charge in [0.2, 0.25) is 5.91 Å². The molecule has 0 saturated carbocycles. The van der Waals surface area contributed by atoms with Gasteiger partial charge in [-0.05, 0) is 51.0 Å². The Balaban J connectivity index is 2.04. The molecule has 0 fully saturated rings. The van der Waals surface area contributed by atoms with E-state index in [-0.39, 0.29) is 11.7 Å². The third kappa shape index (κ3) is 3.55. The average Bonchev–Trinajstić information content (AvgIpc) is 2.96. The first-order valence-corrected chi connectivity index (χ1v) is 7.11. The summed E-state index contributed by atoms with van der Waals surface area (Å²) in [6.07, 6.45) is 1.42. The molecule has 1 aromatic carbocycles. The number of aryl methyl sites for hydroxylation is 3. The van der Waals surface area contributed by atoms with Crippen LogP contribution in [0.2, 0.25) is 0 Å². The second-order valence-corrected chi connectivity index (χ2v) is 5.44. The first kappa shape index (κ1) is 15.8. The van der Waals surface area contributed by atoms with Crippen LogP contribution in [0.5, 0.6) is 0 Å². The van der Waals surface area contributed by atoms with E-state index in [1.165, 1.54) is 6.26 Å². The lowest BCUT2D eigenvalue weighted by molar-refractivity contribution is -0.117. The number of hydrogen-bond acceptors (Lipinski definition) is 3. The summed E-state index contributed by atoms with van der Waals surface area (Å²) in [4.78, 5) is 24.1.